The Morgan fingerprint density at radius 3 is 2.62 bits per heavy atom. The summed E-state index contributed by atoms with van der Waals surface area (Å²) in [7, 11) is 0. The molecule has 0 radical (unpaired) electrons. The van der Waals surface area contributed by atoms with Crippen molar-refractivity contribution >= 4 is 0 Å². The molecule has 0 saturated heterocycles. The van der Waals surface area contributed by atoms with E-state index in [1.165, 1.54) is 6.42 Å². The highest BCUT2D eigenvalue weighted by Crippen LogP contribution is 2.01. The Morgan fingerprint density at radius 1 is 1.25 bits per heavy atom. The summed E-state index contributed by atoms with van der Waals surface area (Å²) in [6, 6.07) is 2.10. The third-order valence-electron chi connectivity index (χ3n) is 2.45. The Hall–Kier alpha value is -0.830. The first-order valence-corrected chi connectivity index (χ1v) is 6.31. The van der Waals surface area contributed by atoms with Gasteiger partial charge < -0.3 is 5.32 Å². The summed E-state index contributed by atoms with van der Waals surface area (Å²) in [6.45, 7) is 11.9. The summed E-state index contributed by atoms with van der Waals surface area (Å²) in [5, 5.41) is 7.95. The molecule has 0 aliphatic rings. The lowest BCUT2D eigenvalue weighted by Gasteiger charge is -2.06. The molecule has 3 nitrogen and oxygen atoms in total. The lowest BCUT2D eigenvalue weighted by molar-refractivity contribution is 0.475. The van der Waals surface area contributed by atoms with Crippen LogP contribution in [0.3, 0.4) is 0 Å². The smallest absolute Gasteiger partial charge is 0.0762 e. The van der Waals surface area contributed by atoms with E-state index in [0.29, 0.717) is 5.92 Å². The van der Waals surface area contributed by atoms with Crippen LogP contribution in [0.25, 0.3) is 0 Å². The molecule has 1 rings (SSSR count). The van der Waals surface area contributed by atoms with Gasteiger partial charge in [-0.25, -0.2) is 0 Å². The van der Waals surface area contributed by atoms with E-state index in [-0.39, 0.29) is 0 Å². The molecule has 1 aromatic heterocycles. The number of hydrogen-bond acceptors (Lipinski definition) is 2. The van der Waals surface area contributed by atoms with Gasteiger partial charge in [-0.1, -0.05) is 27.7 Å². The molecular formula is C13H25N3. The quantitative estimate of drug-likeness (QED) is 0.720. The van der Waals surface area contributed by atoms with Crippen molar-refractivity contribution in [3.63, 3.8) is 0 Å². The zero-order valence-electron chi connectivity index (χ0n) is 11.0. The number of nitrogens with one attached hydrogen (secondary N) is 1. The highest BCUT2D eigenvalue weighted by Gasteiger charge is 2.01. The van der Waals surface area contributed by atoms with E-state index >= 15 is 0 Å². The van der Waals surface area contributed by atoms with Gasteiger partial charge in [0.15, 0.2) is 0 Å². The minimum absolute atomic E-state index is 0.654. The third-order valence-corrected chi connectivity index (χ3v) is 2.45. The topological polar surface area (TPSA) is 29.9 Å². The van der Waals surface area contributed by atoms with Crippen LogP contribution >= 0.6 is 0 Å². The van der Waals surface area contributed by atoms with Gasteiger partial charge in [-0.3, -0.25) is 4.68 Å². The van der Waals surface area contributed by atoms with Crippen molar-refractivity contribution in [3.8, 4) is 0 Å². The maximum atomic E-state index is 4.52. The molecule has 1 aromatic rings. The van der Waals surface area contributed by atoms with Crippen LogP contribution in [0, 0.1) is 11.8 Å². The summed E-state index contributed by atoms with van der Waals surface area (Å²) < 4.78 is 2.03. The van der Waals surface area contributed by atoms with E-state index in [2.05, 4.69) is 50.4 Å². The Bertz CT molecular complexity index is 289. The maximum Gasteiger partial charge on any atom is 0.0762 e. The van der Waals surface area contributed by atoms with Crippen molar-refractivity contribution < 1.29 is 0 Å². The molecule has 0 unspecified atom stereocenters. The van der Waals surface area contributed by atoms with Crippen molar-refractivity contribution in [1.82, 2.24) is 15.1 Å². The maximum absolute atomic E-state index is 4.52. The fourth-order valence-corrected chi connectivity index (χ4v) is 1.58. The molecule has 0 atom stereocenters. The minimum Gasteiger partial charge on any atom is -0.311 e. The lowest BCUT2D eigenvalue weighted by Crippen LogP contribution is -2.17. The summed E-state index contributed by atoms with van der Waals surface area (Å²) >= 11 is 0. The average Bonchev–Trinajstić information content (AvgIpc) is 2.59. The van der Waals surface area contributed by atoms with Crippen LogP contribution < -0.4 is 5.32 Å². The van der Waals surface area contributed by atoms with Gasteiger partial charge in [0, 0.05) is 19.3 Å². The van der Waals surface area contributed by atoms with E-state index in [9.17, 15) is 0 Å². The monoisotopic (exact) mass is 223 g/mol. The predicted octanol–water partition coefficient (Wildman–Crippen LogP) is 2.67. The Balaban J connectivity index is 2.24. The third kappa shape index (κ3) is 5.31. The molecule has 0 fully saturated rings. The Labute approximate surface area is 99.2 Å². The van der Waals surface area contributed by atoms with Crippen molar-refractivity contribution in [2.45, 2.75) is 47.2 Å². The predicted molar refractivity (Wildman–Crippen MR) is 68.2 cm³/mol. The van der Waals surface area contributed by atoms with Gasteiger partial charge in [0.25, 0.3) is 0 Å². The fourth-order valence-electron chi connectivity index (χ4n) is 1.58. The van der Waals surface area contributed by atoms with E-state index < -0.39 is 0 Å². The highest BCUT2D eigenvalue weighted by molar-refractivity contribution is 4.98. The molecule has 0 amide bonds. The number of rotatable bonds is 7. The molecule has 0 bridgehead atoms. The van der Waals surface area contributed by atoms with Crippen LogP contribution in [-0.4, -0.2) is 16.3 Å². The van der Waals surface area contributed by atoms with Crippen LogP contribution in [-0.2, 0) is 13.1 Å². The zero-order chi connectivity index (χ0) is 12.0. The minimum atomic E-state index is 0.654. The number of nitrogens with zero attached hydrogens (tertiary/aromatic N) is 2. The van der Waals surface area contributed by atoms with E-state index in [1.807, 2.05) is 4.68 Å². The van der Waals surface area contributed by atoms with Gasteiger partial charge in [0.2, 0.25) is 0 Å². The molecule has 0 aromatic carbocycles. The second kappa shape index (κ2) is 6.69. The van der Waals surface area contributed by atoms with Gasteiger partial charge in [-0.05, 0) is 30.9 Å². The fraction of sp³-hybridized carbons (Fsp3) is 0.769. The van der Waals surface area contributed by atoms with Gasteiger partial charge in [0.05, 0.1) is 5.69 Å². The average molecular weight is 223 g/mol. The first-order valence-electron chi connectivity index (χ1n) is 6.31. The molecule has 0 aliphatic carbocycles. The summed E-state index contributed by atoms with van der Waals surface area (Å²) in [6.07, 6.45) is 3.30. The van der Waals surface area contributed by atoms with Gasteiger partial charge in [-0.2, -0.15) is 5.10 Å². The normalized spacial score (nSPS) is 11.6. The summed E-state index contributed by atoms with van der Waals surface area (Å²) in [5.41, 5.74) is 1.14. The molecular weight excluding hydrogens is 198 g/mol. The van der Waals surface area contributed by atoms with Gasteiger partial charge in [0.1, 0.15) is 0 Å². The zero-order valence-corrected chi connectivity index (χ0v) is 11.0. The second-order valence-corrected chi connectivity index (χ2v) is 5.28. The van der Waals surface area contributed by atoms with E-state index in [4.69, 9.17) is 0 Å². The number of hydrogen-bond donors (Lipinski definition) is 1. The molecule has 0 saturated carbocycles. The molecule has 0 aliphatic heterocycles. The largest absolute Gasteiger partial charge is 0.311 e. The van der Waals surface area contributed by atoms with Crippen LogP contribution in [0.5, 0.6) is 0 Å². The highest BCUT2D eigenvalue weighted by atomic mass is 15.3. The first-order chi connectivity index (χ1) is 7.58. The van der Waals surface area contributed by atoms with Gasteiger partial charge >= 0.3 is 0 Å². The molecule has 16 heavy (non-hydrogen) atoms. The summed E-state index contributed by atoms with van der Waals surface area (Å²) in [5.74, 6) is 1.42. The summed E-state index contributed by atoms with van der Waals surface area (Å²) in [4.78, 5) is 0. The molecule has 92 valence electrons. The Morgan fingerprint density at radius 2 is 2.00 bits per heavy atom. The van der Waals surface area contributed by atoms with Crippen LogP contribution in [0.4, 0.5) is 0 Å². The van der Waals surface area contributed by atoms with E-state index in [0.717, 1.165) is 31.2 Å². The van der Waals surface area contributed by atoms with Crippen LogP contribution in [0.1, 0.15) is 39.8 Å². The van der Waals surface area contributed by atoms with Crippen molar-refractivity contribution in [2.24, 2.45) is 11.8 Å². The van der Waals surface area contributed by atoms with E-state index in [1.54, 1.807) is 0 Å². The molecule has 3 heteroatoms. The Kier molecular flexibility index (Phi) is 5.53. The van der Waals surface area contributed by atoms with Crippen molar-refractivity contribution in [3.05, 3.63) is 18.0 Å². The van der Waals surface area contributed by atoms with Crippen molar-refractivity contribution in [2.75, 3.05) is 6.54 Å². The molecule has 1 heterocycles. The second-order valence-electron chi connectivity index (χ2n) is 5.28. The SMILES string of the molecule is CC(C)CCNCc1ccn(CC(C)C)n1. The standard InChI is InChI=1S/C13H25N3/c1-11(2)5-7-14-9-13-6-8-16(15-13)10-12(3)4/h6,8,11-12,14H,5,7,9-10H2,1-4H3. The molecule has 0 spiro atoms. The first kappa shape index (κ1) is 13.2. The van der Waals surface area contributed by atoms with Gasteiger partial charge in [-0.15, -0.1) is 0 Å². The number of aromatic nitrogens is 2. The van der Waals surface area contributed by atoms with Crippen LogP contribution in [0.2, 0.25) is 0 Å². The van der Waals surface area contributed by atoms with Crippen LogP contribution in [0.15, 0.2) is 12.3 Å². The van der Waals surface area contributed by atoms with Crippen molar-refractivity contribution in [1.29, 1.82) is 0 Å². The lowest BCUT2D eigenvalue weighted by atomic mass is 10.1. The molecule has 1 N–H and O–H groups in total.